The SMILES string of the molecule is COc1ccc(CO)cc1OCOCC[Si](C)(C)C. The van der Waals surface area contributed by atoms with Gasteiger partial charge in [-0.25, -0.2) is 0 Å². The van der Waals surface area contributed by atoms with Crippen LogP contribution in [0.2, 0.25) is 25.7 Å². The van der Waals surface area contributed by atoms with E-state index >= 15 is 0 Å². The Morgan fingerprint density at radius 2 is 1.89 bits per heavy atom. The first-order valence-electron chi connectivity index (χ1n) is 6.44. The summed E-state index contributed by atoms with van der Waals surface area (Å²) in [5, 5.41) is 9.10. The Kier molecular flexibility index (Phi) is 6.34. The maximum absolute atomic E-state index is 9.10. The fourth-order valence-electron chi connectivity index (χ4n) is 1.47. The van der Waals surface area contributed by atoms with Crippen molar-refractivity contribution in [1.29, 1.82) is 0 Å². The molecule has 5 heteroatoms. The highest BCUT2D eigenvalue weighted by Gasteiger charge is 2.12. The topological polar surface area (TPSA) is 47.9 Å². The van der Waals surface area contributed by atoms with Crippen molar-refractivity contribution in [3.63, 3.8) is 0 Å². The molecule has 0 radical (unpaired) electrons. The summed E-state index contributed by atoms with van der Waals surface area (Å²) in [7, 11) is 0.533. The number of aliphatic hydroxyl groups is 1. The van der Waals surface area contributed by atoms with Crippen molar-refractivity contribution in [3.05, 3.63) is 23.8 Å². The van der Waals surface area contributed by atoms with E-state index in [2.05, 4.69) is 19.6 Å². The van der Waals surface area contributed by atoms with Crippen molar-refractivity contribution in [2.24, 2.45) is 0 Å². The van der Waals surface area contributed by atoms with E-state index in [0.717, 1.165) is 18.2 Å². The molecule has 0 aliphatic carbocycles. The molecular weight excluding hydrogens is 260 g/mol. The van der Waals surface area contributed by atoms with E-state index in [1.165, 1.54) is 0 Å². The van der Waals surface area contributed by atoms with Gasteiger partial charge in [0.2, 0.25) is 0 Å². The van der Waals surface area contributed by atoms with Crippen molar-refractivity contribution in [3.8, 4) is 11.5 Å². The number of ether oxygens (including phenoxy) is 3. The molecule has 19 heavy (non-hydrogen) atoms. The van der Waals surface area contributed by atoms with Gasteiger partial charge in [0.25, 0.3) is 0 Å². The zero-order valence-corrected chi connectivity index (χ0v) is 13.2. The fourth-order valence-corrected chi connectivity index (χ4v) is 2.23. The summed E-state index contributed by atoms with van der Waals surface area (Å²) >= 11 is 0. The molecule has 0 saturated carbocycles. The molecule has 0 amide bonds. The van der Waals surface area contributed by atoms with Crippen LogP contribution in [0.25, 0.3) is 0 Å². The van der Waals surface area contributed by atoms with Crippen LogP contribution in [0.3, 0.4) is 0 Å². The lowest BCUT2D eigenvalue weighted by Crippen LogP contribution is -2.22. The molecule has 108 valence electrons. The van der Waals surface area contributed by atoms with E-state index in [0.29, 0.717) is 11.5 Å². The van der Waals surface area contributed by atoms with Gasteiger partial charge in [-0.3, -0.25) is 0 Å². The first-order valence-corrected chi connectivity index (χ1v) is 10.2. The molecule has 0 aliphatic rings. The first kappa shape index (κ1) is 16.0. The summed E-state index contributed by atoms with van der Waals surface area (Å²) in [6.07, 6.45) is 0. The van der Waals surface area contributed by atoms with Crippen molar-refractivity contribution < 1.29 is 19.3 Å². The summed E-state index contributed by atoms with van der Waals surface area (Å²) in [6.45, 7) is 7.84. The number of methoxy groups -OCH3 is 1. The molecule has 0 atom stereocenters. The number of rotatable bonds is 8. The summed E-state index contributed by atoms with van der Waals surface area (Å²) in [4.78, 5) is 0. The molecule has 0 aliphatic heterocycles. The maximum Gasteiger partial charge on any atom is 0.189 e. The van der Waals surface area contributed by atoms with Gasteiger partial charge in [0.05, 0.1) is 13.7 Å². The van der Waals surface area contributed by atoms with Crippen LogP contribution in [0.15, 0.2) is 18.2 Å². The van der Waals surface area contributed by atoms with Crippen LogP contribution in [0.5, 0.6) is 11.5 Å². The highest BCUT2D eigenvalue weighted by atomic mass is 28.3. The van der Waals surface area contributed by atoms with Gasteiger partial charge in [-0.15, -0.1) is 0 Å². The predicted molar refractivity (Wildman–Crippen MR) is 78.5 cm³/mol. The lowest BCUT2D eigenvalue weighted by molar-refractivity contribution is 0.0204. The smallest absolute Gasteiger partial charge is 0.189 e. The second kappa shape index (κ2) is 7.52. The van der Waals surface area contributed by atoms with E-state index in [1.54, 1.807) is 25.3 Å². The third-order valence-corrected chi connectivity index (χ3v) is 4.41. The van der Waals surface area contributed by atoms with Gasteiger partial charge < -0.3 is 19.3 Å². The number of hydrogen-bond acceptors (Lipinski definition) is 4. The molecule has 0 aromatic heterocycles. The van der Waals surface area contributed by atoms with Crippen molar-refractivity contribution in [2.45, 2.75) is 32.3 Å². The number of benzene rings is 1. The fraction of sp³-hybridized carbons (Fsp3) is 0.571. The van der Waals surface area contributed by atoms with E-state index < -0.39 is 8.07 Å². The summed E-state index contributed by atoms with van der Waals surface area (Å²) < 4.78 is 16.2. The third kappa shape index (κ3) is 6.09. The zero-order chi connectivity index (χ0) is 14.3. The minimum Gasteiger partial charge on any atom is -0.493 e. The van der Waals surface area contributed by atoms with E-state index in [9.17, 15) is 0 Å². The maximum atomic E-state index is 9.10. The van der Waals surface area contributed by atoms with Crippen LogP contribution >= 0.6 is 0 Å². The minimum absolute atomic E-state index is 0.0170. The average Bonchev–Trinajstić information content (AvgIpc) is 2.36. The van der Waals surface area contributed by atoms with Gasteiger partial charge in [-0.05, 0) is 23.7 Å². The third-order valence-electron chi connectivity index (χ3n) is 2.70. The summed E-state index contributed by atoms with van der Waals surface area (Å²) in [6, 6.07) is 6.46. The first-order chi connectivity index (χ1) is 8.96. The van der Waals surface area contributed by atoms with Crippen LogP contribution in [0.4, 0.5) is 0 Å². The van der Waals surface area contributed by atoms with E-state index in [4.69, 9.17) is 19.3 Å². The molecule has 1 aromatic rings. The monoisotopic (exact) mass is 284 g/mol. The summed E-state index contributed by atoms with van der Waals surface area (Å²) in [5.74, 6) is 1.24. The molecule has 0 fully saturated rings. The van der Waals surface area contributed by atoms with Crippen molar-refractivity contribution in [2.75, 3.05) is 20.5 Å². The standard InChI is InChI=1S/C14H24O4Si/c1-16-13-6-5-12(10-15)9-14(13)18-11-17-7-8-19(2,3)4/h5-6,9,15H,7-8,10-11H2,1-4H3. The van der Waals surface area contributed by atoms with Gasteiger partial charge in [-0.2, -0.15) is 0 Å². The molecule has 1 aromatic carbocycles. The van der Waals surface area contributed by atoms with Crippen LogP contribution < -0.4 is 9.47 Å². The Morgan fingerprint density at radius 1 is 1.16 bits per heavy atom. The predicted octanol–water partition coefficient (Wildman–Crippen LogP) is 2.88. The molecule has 4 nitrogen and oxygen atoms in total. The molecule has 1 N–H and O–H groups in total. The molecule has 0 saturated heterocycles. The lowest BCUT2D eigenvalue weighted by atomic mass is 10.2. The second-order valence-electron chi connectivity index (χ2n) is 5.62. The Balaban J connectivity index is 2.43. The van der Waals surface area contributed by atoms with E-state index in [1.807, 2.05) is 0 Å². The van der Waals surface area contributed by atoms with Crippen LogP contribution in [0.1, 0.15) is 5.56 Å². The molecule has 0 unspecified atom stereocenters. The van der Waals surface area contributed by atoms with Crippen LogP contribution in [0, 0.1) is 0 Å². The normalized spacial score (nSPS) is 11.4. The second-order valence-corrected chi connectivity index (χ2v) is 11.2. The van der Waals surface area contributed by atoms with Gasteiger partial charge in [-0.1, -0.05) is 25.7 Å². The number of hydrogen-bond donors (Lipinski definition) is 1. The average molecular weight is 284 g/mol. The largest absolute Gasteiger partial charge is 0.493 e. The zero-order valence-electron chi connectivity index (χ0n) is 12.2. The van der Waals surface area contributed by atoms with Gasteiger partial charge in [0.15, 0.2) is 18.3 Å². The minimum atomic E-state index is -1.06. The summed E-state index contributed by atoms with van der Waals surface area (Å²) in [5.41, 5.74) is 0.790. The molecular formula is C14H24O4Si. The number of aliphatic hydroxyl groups excluding tert-OH is 1. The Labute approximate surface area is 116 Å². The molecule has 0 heterocycles. The highest BCUT2D eigenvalue weighted by molar-refractivity contribution is 6.76. The lowest BCUT2D eigenvalue weighted by Gasteiger charge is -2.16. The van der Waals surface area contributed by atoms with Crippen LogP contribution in [-0.4, -0.2) is 33.7 Å². The molecule has 0 spiro atoms. The van der Waals surface area contributed by atoms with Crippen molar-refractivity contribution >= 4 is 8.07 Å². The highest BCUT2D eigenvalue weighted by Crippen LogP contribution is 2.28. The van der Waals surface area contributed by atoms with Gasteiger partial charge in [0.1, 0.15) is 0 Å². The van der Waals surface area contributed by atoms with Crippen LogP contribution in [-0.2, 0) is 11.3 Å². The Bertz CT molecular complexity index is 388. The molecule has 1 rings (SSSR count). The van der Waals surface area contributed by atoms with Gasteiger partial charge >= 0.3 is 0 Å². The Morgan fingerprint density at radius 3 is 2.47 bits per heavy atom. The Hall–Kier alpha value is -1.04. The van der Waals surface area contributed by atoms with E-state index in [-0.39, 0.29) is 13.4 Å². The quantitative estimate of drug-likeness (QED) is 0.453. The van der Waals surface area contributed by atoms with Crippen molar-refractivity contribution in [1.82, 2.24) is 0 Å². The molecule has 0 bridgehead atoms. The van der Waals surface area contributed by atoms with Gasteiger partial charge in [0, 0.05) is 14.7 Å².